The number of amides is 2. The van der Waals surface area contributed by atoms with Crippen molar-refractivity contribution in [2.24, 2.45) is 5.92 Å². The van der Waals surface area contributed by atoms with Crippen molar-refractivity contribution in [1.29, 1.82) is 0 Å². The van der Waals surface area contributed by atoms with E-state index in [2.05, 4.69) is 5.32 Å². The van der Waals surface area contributed by atoms with Crippen molar-refractivity contribution < 1.29 is 28.7 Å². The van der Waals surface area contributed by atoms with Crippen molar-refractivity contribution in [3.8, 4) is 0 Å². The number of esters is 2. The molecule has 0 unspecified atom stereocenters. The molecule has 1 aromatic rings. The number of para-hydroxylation sites is 1. The molecule has 1 aliphatic carbocycles. The Bertz CT molecular complexity index is 787. The Morgan fingerprint density at radius 1 is 1.14 bits per heavy atom. The van der Waals surface area contributed by atoms with Crippen LogP contribution in [0, 0.1) is 5.92 Å². The maximum Gasteiger partial charge on any atom is 0.340 e. The maximum atomic E-state index is 12.3. The molecule has 1 atom stereocenters. The average molecular weight is 402 g/mol. The highest BCUT2D eigenvalue weighted by Crippen LogP contribution is 2.29. The number of benzene rings is 1. The SMILES string of the molecule is CCOC(=O)c1ccccc1NC(=O)COC(=O)[C@@H]1CC(=O)N(C2CCCC2)C1. The third-order valence-electron chi connectivity index (χ3n) is 5.30. The van der Waals surface area contributed by atoms with Crippen LogP contribution in [0.5, 0.6) is 0 Å². The molecular formula is C21H26N2O6. The summed E-state index contributed by atoms with van der Waals surface area (Å²) in [7, 11) is 0. The fourth-order valence-electron chi connectivity index (χ4n) is 3.88. The van der Waals surface area contributed by atoms with E-state index in [4.69, 9.17) is 9.47 Å². The van der Waals surface area contributed by atoms with Crippen LogP contribution in [0.25, 0.3) is 0 Å². The summed E-state index contributed by atoms with van der Waals surface area (Å²) in [4.78, 5) is 50.5. The van der Waals surface area contributed by atoms with E-state index in [1.165, 1.54) is 0 Å². The van der Waals surface area contributed by atoms with Gasteiger partial charge in [-0.3, -0.25) is 14.4 Å². The van der Waals surface area contributed by atoms with E-state index in [0.29, 0.717) is 6.54 Å². The Morgan fingerprint density at radius 3 is 2.59 bits per heavy atom. The van der Waals surface area contributed by atoms with Crippen LogP contribution in [0.15, 0.2) is 24.3 Å². The van der Waals surface area contributed by atoms with Gasteiger partial charge in [0.2, 0.25) is 5.91 Å². The van der Waals surface area contributed by atoms with Crippen molar-refractivity contribution in [2.75, 3.05) is 25.1 Å². The smallest absolute Gasteiger partial charge is 0.340 e. The van der Waals surface area contributed by atoms with Gasteiger partial charge in [-0.15, -0.1) is 0 Å². The summed E-state index contributed by atoms with van der Waals surface area (Å²) in [6, 6.07) is 6.67. The molecule has 0 radical (unpaired) electrons. The van der Waals surface area contributed by atoms with Crippen molar-refractivity contribution in [3.63, 3.8) is 0 Å². The molecule has 156 valence electrons. The first-order valence-electron chi connectivity index (χ1n) is 10.0. The minimum atomic E-state index is -0.563. The molecule has 1 saturated heterocycles. The molecule has 1 heterocycles. The summed E-state index contributed by atoms with van der Waals surface area (Å²) in [6.07, 6.45) is 4.31. The second-order valence-electron chi connectivity index (χ2n) is 7.31. The number of carbonyl (C=O) groups excluding carboxylic acids is 4. The largest absolute Gasteiger partial charge is 0.462 e. The van der Waals surface area contributed by atoms with Crippen LogP contribution in [-0.2, 0) is 23.9 Å². The second-order valence-corrected chi connectivity index (χ2v) is 7.31. The molecule has 2 amide bonds. The molecule has 1 N–H and O–H groups in total. The Kier molecular flexibility index (Phi) is 6.85. The number of carbonyl (C=O) groups is 4. The van der Waals surface area contributed by atoms with Gasteiger partial charge in [0.25, 0.3) is 5.91 Å². The van der Waals surface area contributed by atoms with Crippen molar-refractivity contribution in [2.45, 2.75) is 45.1 Å². The number of hydrogen-bond acceptors (Lipinski definition) is 6. The van der Waals surface area contributed by atoms with E-state index in [1.54, 1.807) is 36.1 Å². The highest BCUT2D eigenvalue weighted by Gasteiger charge is 2.39. The van der Waals surface area contributed by atoms with Gasteiger partial charge in [0.15, 0.2) is 6.61 Å². The van der Waals surface area contributed by atoms with Gasteiger partial charge in [-0.1, -0.05) is 25.0 Å². The van der Waals surface area contributed by atoms with Gasteiger partial charge >= 0.3 is 11.9 Å². The van der Waals surface area contributed by atoms with E-state index >= 15 is 0 Å². The van der Waals surface area contributed by atoms with E-state index in [9.17, 15) is 19.2 Å². The highest BCUT2D eigenvalue weighted by molar-refractivity contribution is 6.02. The second kappa shape index (κ2) is 9.54. The monoisotopic (exact) mass is 402 g/mol. The number of nitrogens with one attached hydrogen (secondary N) is 1. The predicted molar refractivity (Wildman–Crippen MR) is 104 cm³/mol. The van der Waals surface area contributed by atoms with Gasteiger partial charge in [-0.2, -0.15) is 0 Å². The van der Waals surface area contributed by atoms with Crippen LogP contribution in [0.2, 0.25) is 0 Å². The first-order chi connectivity index (χ1) is 14.0. The zero-order valence-electron chi connectivity index (χ0n) is 16.5. The first-order valence-corrected chi connectivity index (χ1v) is 10.0. The fraction of sp³-hybridized carbons (Fsp3) is 0.524. The third kappa shape index (κ3) is 5.13. The standard InChI is InChI=1S/C21H26N2O6/c1-2-28-21(27)16-9-5-6-10-17(16)22-18(24)13-29-20(26)14-11-19(25)23(12-14)15-7-3-4-8-15/h5-6,9-10,14-15H,2-4,7-8,11-13H2,1H3,(H,22,24)/t14-/m1/s1. The lowest BCUT2D eigenvalue weighted by Gasteiger charge is -2.23. The van der Waals surface area contributed by atoms with Gasteiger partial charge < -0.3 is 19.7 Å². The van der Waals surface area contributed by atoms with Crippen LogP contribution in [0.1, 0.15) is 49.4 Å². The van der Waals surface area contributed by atoms with E-state index in [1.807, 2.05) is 0 Å². The van der Waals surface area contributed by atoms with Crippen LogP contribution in [0.3, 0.4) is 0 Å². The van der Waals surface area contributed by atoms with Gasteiger partial charge in [-0.05, 0) is 31.9 Å². The summed E-state index contributed by atoms with van der Waals surface area (Å²) in [5.41, 5.74) is 0.512. The molecular weight excluding hydrogens is 376 g/mol. The minimum absolute atomic E-state index is 0.0216. The summed E-state index contributed by atoms with van der Waals surface area (Å²) in [5.74, 6) is -2.22. The van der Waals surface area contributed by atoms with Gasteiger partial charge in [0.1, 0.15) is 0 Å². The van der Waals surface area contributed by atoms with E-state index < -0.39 is 30.4 Å². The van der Waals surface area contributed by atoms with Crippen LogP contribution >= 0.6 is 0 Å². The molecule has 2 fully saturated rings. The number of rotatable bonds is 7. The zero-order valence-corrected chi connectivity index (χ0v) is 16.5. The number of ether oxygens (including phenoxy) is 2. The van der Waals surface area contributed by atoms with Crippen molar-refractivity contribution in [3.05, 3.63) is 29.8 Å². The maximum absolute atomic E-state index is 12.3. The quantitative estimate of drug-likeness (QED) is 0.701. The van der Waals surface area contributed by atoms with Gasteiger partial charge in [-0.25, -0.2) is 4.79 Å². The summed E-state index contributed by atoms with van der Waals surface area (Å²) >= 11 is 0. The van der Waals surface area contributed by atoms with E-state index in [-0.39, 0.29) is 36.2 Å². The highest BCUT2D eigenvalue weighted by atomic mass is 16.5. The lowest BCUT2D eigenvalue weighted by Crippen LogP contribution is -2.35. The van der Waals surface area contributed by atoms with Gasteiger partial charge in [0.05, 0.1) is 23.8 Å². The Balaban J connectivity index is 1.50. The third-order valence-corrected chi connectivity index (χ3v) is 5.30. The number of anilines is 1. The molecule has 29 heavy (non-hydrogen) atoms. The normalized spacial score (nSPS) is 19.3. The molecule has 2 aliphatic rings. The van der Waals surface area contributed by atoms with Gasteiger partial charge in [0, 0.05) is 19.0 Å². The molecule has 0 bridgehead atoms. The molecule has 1 aromatic carbocycles. The summed E-state index contributed by atoms with van der Waals surface area (Å²) < 4.78 is 10.1. The van der Waals surface area contributed by atoms with Crippen LogP contribution < -0.4 is 5.32 Å². The molecule has 0 spiro atoms. The fourth-order valence-corrected chi connectivity index (χ4v) is 3.88. The number of likely N-dealkylation sites (tertiary alicyclic amines) is 1. The molecule has 8 nitrogen and oxygen atoms in total. The molecule has 8 heteroatoms. The zero-order chi connectivity index (χ0) is 20.8. The van der Waals surface area contributed by atoms with Crippen molar-refractivity contribution in [1.82, 2.24) is 4.90 Å². The van der Waals surface area contributed by atoms with Crippen LogP contribution in [0.4, 0.5) is 5.69 Å². The Morgan fingerprint density at radius 2 is 1.86 bits per heavy atom. The Hall–Kier alpha value is -2.90. The summed E-state index contributed by atoms with van der Waals surface area (Å²) in [6.45, 7) is 1.79. The lowest BCUT2D eigenvalue weighted by molar-refractivity contribution is -0.151. The average Bonchev–Trinajstić information content (AvgIpc) is 3.36. The first kappa shape index (κ1) is 20.8. The van der Waals surface area contributed by atoms with Crippen molar-refractivity contribution >= 4 is 29.4 Å². The number of hydrogen-bond donors (Lipinski definition) is 1. The Labute approximate surface area is 169 Å². The summed E-state index contributed by atoms with van der Waals surface area (Å²) in [5, 5.41) is 2.56. The molecule has 1 aliphatic heterocycles. The molecule has 1 saturated carbocycles. The van der Waals surface area contributed by atoms with Crippen LogP contribution in [-0.4, -0.2) is 54.5 Å². The topological polar surface area (TPSA) is 102 Å². The molecule has 0 aromatic heterocycles. The minimum Gasteiger partial charge on any atom is -0.462 e. The predicted octanol–water partition coefficient (Wildman–Crippen LogP) is 2.14. The number of nitrogens with zero attached hydrogens (tertiary/aromatic N) is 1. The lowest BCUT2D eigenvalue weighted by atomic mass is 10.1. The molecule has 3 rings (SSSR count). The van der Waals surface area contributed by atoms with E-state index in [0.717, 1.165) is 25.7 Å².